The molecule has 4 nitrogen and oxygen atoms in total. The van der Waals surface area contributed by atoms with Crippen molar-refractivity contribution in [1.82, 2.24) is 9.88 Å². The number of nitrogens with two attached hydrogens (primary N) is 1. The predicted molar refractivity (Wildman–Crippen MR) is 73.6 cm³/mol. The Morgan fingerprint density at radius 2 is 2.41 bits per heavy atom. The largest absolute Gasteiger partial charge is 0.347 e. The molecule has 1 aliphatic heterocycles. The Hall–Kier alpha value is -0.650. The van der Waals surface area contributed by atoms with Crippen molar-refractivity contribution in [3.8, 4) is 0 Å². The maximum absolute atomic E-state index is 5.85. The van der Waals surface area contributed by atoms with Crippen LogP contribution in [0.4, 0.5) is 5.13 Å². The third-order valence-corrected chi connectivity index (χ3v) is 4.37. The highest BCUT2D eigenvalue weighted by atomic mass is 32.1. The molecule has 0 saturated carbocycles. The number of piperidine rings is 1. The number of aromatic nitrogens is 1. The van der Waals surface area contributed by atoms with E-state index in [2.05, 4.69) is 34.3 Å². The van der Waals surface area contributed by atoms with Gasteiger partial charge in [0.05, 0.1) is 5.69 Å². The van der Waals surface area contributed by atoms with E-state index in [1.165, 1.54) is 19.4 Å². The Morgan fingerprint density at radius 3 is 3.00 bits per heavy atom. The van der Waals surface area contributed by atoms with Crippen LogP contribution in [-0.4, -0.2) is 43.1 Å². The topological polar surface area (TPSA) is 45.4 Å². The highest BCUT2D eigenvalue weighted by molar-refractivity contribution is 7.13. The fourth-order valence-corrected chi connectivity index (χ4v) is 3.23. The lowest BCUT2D eigenvalue weighted by Gasteiger charge is -2.35. The van der Waals surface area contributed by atoms with Crippen LogP contribution in [0.1, 0.15) is 31.5 Å². The van der Waals surface area contributed by atoms with Crippen LogP contribution in [0.5, 0.6) is 0 Å². The Balaban J connectivity index is 2.04. The molecule has 0 aliphatic carbocycles. The van der Waals surface area contributed by atoms with E-state index in [9.17, 15) is 0 Å². The highest BCUT2D eigenvalue weighted by Gasteiger charge is 2.23. The third kappa shape index (κ3) is 2.97. The lowest BCUT2D eigenvalue weighted by molar-refractivity contribution is 0.248. The van der Waals surface area contributed by atoms with Gasteiger partial charge in [0.25, 0.3) is 0 Å². The minimum Gasteiger partial charge on any atom is -0.347 e. The fourth-order valence-electron chi connectivity index (χ4n) is 2.26. The maximum Gasteiger partial charge on any atom is 0.185 e. The van der Waals surface area contributed by atoms with Crippen molar-refractivity contribution in [2.75, 3.05) is 32.1 Å². The van der Waals surface area contributed by atoms with Gasteiger partial charge in [-0.2, -0.15) is 0 Å². The number of rotatable bonds is 3. The highest BCUT2D eigenvalue weighted by Crippen LogP contribution is 2.26. The van der Waals surface area contributed by atoms with Gasteiger partial charge >= 0.3 is 0 Å². The Morgan fingerprint density at radius 1 is 1.65 bits per heavy atom. The number of thiazole rings is 1. The molecule has 0 bridgehead atoms. The maximum atomic E-state index is 5.85. The molecule has 1 aromatic rings. The average Bonchev–Trinajstić information content (AvgIpc) is 2.77. The summed E-state index contributed by atoms with van der Waals surface area (Å²) < 4.78 is 0. The van der Waals surface area contributed by atoms with Crippen LogP contribution >= 0.6 is 11.3 Å². The van der Waals surface area contributed by atoms with Crippen LogP contribution in [0.3, 0.4) is 0 Å². The SMILES string of the molecule is CC(N)c1csc(N(C)C2CCCN(C)C2)n1. The van der Waals surface area contributed by atoms with Gasteiger partial charge in [-0.05, 0) is 33.4 Å². The summed E-state index contributed by atoms with van der Waals surface area (Å²) >= 11 is 1.70. The monoisotopic (exact) mass is 254 g/mol. The zero-order valence-corrected chi connectivity index (χ0v) is 11.7. The van der Waals surface area contributed by atoms with Gasteiger partial charge in [-0.1, -0.05) is 0 Å². The van der Waals surface area contributed by atoms with Gasteiger partial charge in [-0.3, -0.25) is 0 Å². The van der Waals surface area contributed by atoms with Gasteiger partial charge in [0.1, 0.15) is 0 Å². The predicted octanol–water partition coefficient (Wildman–Crippen LogP) is 1.69. The summed E-state index contributed by atoms with van der Waals surface area (Å²) in [4.78, 5) is 9.32. The standard InChI is InChI=1S/C12H22N4S/c1-9(13)11-8-17-12(14-11)16(3)10-5-4-6-15(2)7-10/h8-10H,4-7,13H2,1-3H3. The van der Waals surface area contributed by atoms with Crippen LogP contribution in [-0.2, 0) is 0 Å². The molecular formula is C12H22N4S. The Bertz CT molecular complexity index is 363. The smallest absolute Gasteiger partial charge is 0.185 e. The van der Waals surface area contributed by atoms with Crippen molar-refractivity contribution in [1.29, 1.82) is 0 Å². The Labute approximate surface area is 107 Å². The zero-order chi connectivity index (χ0) is 12.4. The number of nitrogens with zero attached hydrogens (tertiary/aromatic N) is 3. The van der Waals surface area contributed by atoms with Crippen molar-refractivity contribution >= 4 is 16.5 Å². The fraction of sp³-hybridized carbons (Fsp3) is 0.750. The molecule has 1 saturated heterocycles. The van der Waals surface area contributed by atoms with Gasteiger partial charge < -0.3 is 15.5 Å². The molecule has 1 aromatic heterocycles. The van der Waals surface area contributed by atoms with Crippen molar-refractivity contribution in [2.24, 2.45) is 5.73 Å². The van der Waals surface area contributed by atoms with E-state index in [0.717, 1.165) is 17.4 Å². The molecule has 2 atom stereocenters. The second-order valence-corrected chi connectivity index (χ2v) is 5.85. The van der Waals surface area contributed by atoms with Crippen molar-refractivity contribution in [3.05, 3.63) is 11.1 Å². The summed E-state index contributed by atoms with van der Waals surface area (Å²) in [6.45, 7) is 4.32. The molecule has 0 aromatic carbocycles. The number of anilines is 1. The minimum absolute atomic E-state index is 0.0300. The lowest BCUT2D eigenvalue weighted by Crippen LogP contribution is -2.45. The molecule has 1 aliphatic rings. The molecule has 96 valence electrons. The molecule has 1 fully saturated rings. The molecular weight excluding hydrogens is 232 g/mol. The van der Waals surface area contributed by atoms with E-state index in [0.29, 0.717) is 6.04 Å². The second-order valence-electron chi connectivity index (χ2n) is 5.01. The quantitative estimate of drug-likeness (QED) is 0.891. The van der Waals surface area contributed by atoms with Crippen molar-refractivity contribution in [2.45, 2.75) is 31.8 Å². The Kier molecular flexibility index (Phi) is 4.01. The first-order chi connectivity index (χ1) is 8.08. The molecule has 0 spiro atoms. The summed E-state index contributed by atoms with van der Waals surface area (Å²) in [5.74, 6) is 0. The first kappa shape index (κ1) is 12.8. The van der Waals surface area contributed by atoms with Crippen LogP contribution in [0.2, 0.25) is 0 Å². The van der Waals surface area contributed by atoms with Gasteiger partial charge in [0.15, 0.2) is 5.13 Å². The van der Waals surface area contributed by atoms with E-state index >= 15 is 0 Å². The molecule has 2 heterocycles. The zero-order valence-electron chi connectivity index (χ0n) is 10.9. The summed E-state index contributed by atoms with van der Waals surface area (Å²) in [6.07, 6.45) is 2.53. The average molecular weight is 254 g/mol. The van der Waals surface area contributed by atoms with Crippen molar-refractivity contribution < 1.29 is 0 Å². The number of hydrogen-bond donors (Lipinski definition) is 1. The van der Waals surface area contributed by atoms with Gasteiger partial charge in [-0.25, -0.2) is 4.98 Å². The number of hydrogen-bond acceptors (Lipinski definition) is 5. The van der Waals surface area contributed by atoms with Crippen LogP contribution in [0, 0.1) is 0 Å². The van der Waals surface area contributed by atoms with E-state index in [1.807, 2.05) is 6.92 Å². The molecule has 2 rings (SSSR count). The first-order valence-corrected chi connectivity index (χ1v) is 7.08. The molecule has 2 unspecified atom stereocenters. The van der Waals surface area contributed by atoms with Crippen LogP contribution in [0.25, 0.3) is 0 Å². The second kappa shape index (κ2) is 5.33. The summed E-state index contributed by atoms with van der Waals surface area (Å²) in [5.41, 5.74) is 6.85. The molecule has 0 amide bonds. The molecule has 2 N–H and O–H groups in total. The third-order valence-electron chi connectivity index (χ3n) is 3.43. The first-order valence-electron chi connectivity index (χ1n) is 6.20. The normalized spacial score (nSPS) is 23.6. The van der Waals surface area contributed by atoms with E-state index in [1.54, 1.807) is 11.3 Å². The van der Waals surface area contributed by atoms with E-state index in [4.69, 9.17) is 5.73 Å². The van der Waals surface area contributed by atoms with Gasteiger partial charge in [0, 0.05) is 31.1 Å². The summed E-state index contributed by atoms with van der Waals surface area (Å²) in [7, 11) is 4.34. The molecule has 5 heteroatoms. The molecule has 0 radical (unpaired) electrons. The number of likely N-dealkylation sites (N-methyl/N-ethyl adjacent to an activating group) is 2. The molecule has 17 heavy (non-hydrogen) atoms. The van der Waals surface area contributed by atoms with Gasteiger partial charge in [-0.15, -0.1) is 11.3 Å². The van der Waals surface area contributed by atoms with Crippen LogP contribution < -0.4 is 10.6 Å². The summed E-state index contributed by atoms with van der Waals surface area (Å²) in [5, 5.41) is 3.17. The number of likely N-dealkylation sites (tertiary alicyclic amines) is 1. The van der Waals surface area contributed by atoms with Crippen LogP contribution in [0.15, 0.2) is 5.38 Å². The van der Waals surface area contributed by atoms with E-state index in [-0.39, 0.29) is 6.04 Å². The van der Waals surface area contributed by atoms with Crippen molar-refractivity contribution in [3.63, 3.8) is 0 Å². The minimum atomic E-state index is 0.0300. The summed E-state index contributed by atoms with van der Waals surface area (Å²) in [6, 6.07) is 0.614. The van der Waals surface area contributed by atoms with E-state index < -0.39 is 0 Å². The lowest BCUT2D eigenvalue weighted by atomic mass is 10.1. The van der Waals surface area contributed by atoms with Gasteiger partial charge in [0.2, 0.25) is 0 Å².